The number of aromatic nitrogens is 2. The number of rotatable bonds is 3. The summed E-state index contributed by atoms with van der Waals surface area (Å²) < 4.78 is 7.32. The Morgan fingerprint density at radius 2 is 2.00 bits per heavy atom. The molecular formula is C18H16ClN3O4. The number of carboxylic acid groups (broad SMARTS) is 1. The Kier molecular flexibility index (Phi) is 4.16. The maximum atomic E-state index is 12.7. The summed E-state index contributed by atoms with van der Waals surface area (Å²) in [7, 11) is 0. The second-order valence-corrected chi connectivity index (χ2v) is 6.77. The number of amides is 1. The Bertz CT molecular complexity index is 985. The molecule has 26 heavy (non-hydrogen) atoms. The molecule has 4 rings (SSSR count). The number of carbonyl (C=O) groups is 2. The lowest BCUT2D eigenvalue weighted by Gasteiger charge is -2.31. The maximum Gasteiger partial charge on any atom is 0.338 e. The van der Waals surface area contributed by atoms with E-state index in [2.05, 4.69) is 5.10 Å². The topological polar surface area (TPSA) is 88.6 Å². The van der Waals surface area contributed by atoms with E-state index in [1.54, 1.807) is 33.8 Å². The van der Waals surface area contributed by atoms with Gasteiger partial charge in [-0.05, 0) is 37.1 Å². The standard InChI is InChI=1S/C18H16ClN3O4/c19-13-1-2-15-11(7-13)8-16(26-15)17(23)21-5-3-14(4-6-21)22-10-12(9-20-22)18(24)25/h1-2,7-10,14H,3-6H2,(H,24,25). The third-order valence-electron chi connectivity index (χ3n) is 4.66. The van der Waals surface area contributed by atoms with Crippen LogP contribution in [-0.4, -0.2) is 44.8 Å². The van der Waals surface area contributed by atoms with Crippen LogP contribution < -0.4 is 0 Å². The Labute approximate surface area is 153 Å². The van der Waals surface area contributed by atoms with Crippen molar-refractivity contribution in [3.8, 4) is 0 Å². The number of carbonyl (C=O) groups excluding carboxylic acids is 1. The molecule has 0 aliphatic carbocycles. The largest absolute Gasteiger partial charge is 0.478 e. The van der Waals surface area contributed by atoms with E-state index in [1.165, 1.54) is 12.4 Å². The molecule has 0 unspecified atom stereocenters. The molecule has 1 amide bonds. The average molecular weight is 374 g/mol. The number of likely N-dealkylation sites (tertiary alicyclic amines) is 1. The number of halogens is 1. The monoisotopic (exact) mass is 373 g/mol. The van der Waals surface area contributed by atoms with Crippen molar-refractivity contribution in [2.45, 2.75) is 18.9 Å². The van der Waals surface area contributed by atoms with Gasteiger partial charge in [-0.15, -0.1) is 0 Å². The number of hydrogen-bond acceptors (Lipinski definition) is 4. The Morgan fingerprint density at radius 3 is 2.69 bits per heavy atom. The molecule has 2 aromatic heterocycles. The van der Waals surface area contributed by atoms with Crippen molar-refractivity contribution in [3.63, 3.8) is 0 Å². The van der Waals surface area contributed by atoms with Gasteiger partial charge in [0.25, 0.3) is 5.91 Å². The van der Waals surface area contributed by atoms with Crippen molar-refractivity contribution >= 4 is 34.4 Å². The molecule has 0 saturated carbocycles. The van der Waals surface area contributed by atoms with E-state index in [0.717, 1.165) is 5.39 Å². The minimum atomic E-state index is -0.992. The summed E-state index contributed by atoms with van der Waals surface area (Å²) >= 11 is 5.97. The Morgan fingerprint density at radius 1 is 1.23 bits per heavy atom. The van der Waals surface area contributed by atoms with Crippen LogP contribution in [0.5, 0.6) is 0 Å². The van der Waals surface area contributed by atoms with E-state index in [0.29, 0.717) is 42.3 Å². The minimum absolute atomic E-state index is 0.0848. The first-order valence-electron chi connectivity index (χ1n) is 8.27. The fraction of sp³-hybridized carbons (Fsp3) is 0.278. The van der Waals surface area contributed by atoms with Crippen molar-refractivity contribution in [2.24, 2.45) is 0 Å². The molecule has 1 saturated heterocycles. The Hall–Kier alpha value is -2.80. The fourth-order valence-electron chi connectivity index (χ4n) is 3.26. The first kappa shape index (κ1) is 16.7. The van der Waals surface area contributed by atoms with Gasteiger partial charge in [0, 0.05) is 29.7 Å². The summed E-state index contributed by atoms with van der Waals surface area (Å²) in [5, 5.41) is 14.5. The van der Waals surface area contributed by atoms with Gasteiger partial charge >= 0.3 is 5.97 Å². The van der Waals surface area contributed by atoms with E-state index in [-0.39, 0.29) is 17.5 Å². The third-order valence-corrected chi connectivity index (χ3v) is 4.90. The van der Waals surface area contributed by atoms with Crippen LogP contribution in [0.3, 0.4) is 0 Å². The molecular weight excluding hydrogens is 358 g/mol. The highest BCUT2D eigenvalue weighted by Gasteiger charge is 2.27. The zero-order chi connectivity index (χ0) is 18.3. The molecule has 134 valence electrons. The number of furan rings is 1. The van der Waals surface area contributed by atoms with Crippen molar-refractivity contribution < 1.29 is 19.1 Å². The average Bonchev–Trinajstić information content (AvgIpc) is 3.28. The number of piperidine rings is 1. The predicted molar refractivity (Wildman–Crippen MR) is 94.6 cm³/mol. The smallest absolute Gasteiger partial charge is 0.338 e. The molecule has 8 heteroatoms. The second kappa shape index (κ2) is 6.49. The second-order valence-electron chi connectivity index (χ2n) is 6.33. The normalized spacial score (nSPS) is 15.5. The molecule has 1 fully saturated rings. The molecule has 0 bridgehead atoms. The highest BCUT2D eigenvalue weighted by atomic mass is 35.5. The van der Waals surface area contributed by atoms with Gasteiger partial charge in [-0.2, -0.15) is 5.10 Å². The zero-order valence-corrected chi connectivity index (χ0v) is 14.5. The SMILES string of the molecule is O=C(O)c1cnn(C2CCN(C(=O)c3cc4cc(Cl)ccc4o3)CC2)c1. The molecule has 1 aromatic carbocycles. The molecule has 0 atom stereocenters. The number of nitrogens with zero attached hydrogens (tertiary/aromatic N) is 3. The highest BCUT2D eigenvalue weighted by molar-refractivity contribution is 6.31. The number of benzene rings is 1. The lowest BCUT2D eigenvalue weighted by atomic mass is 10.0. The first-order valence-corrected chi connectivity index (χ1v) is 8.65. The van der Waals surface area contributed by atoms with Crippen molar-refractivity contribution in [1.29, 1.82) is 0 Å². The van der Waals surface area contributed by atoms with Crippen molar-refractivity contribution in [3.05, 3.63) is 53.0 Å². The fourth-order valence-corrected chi connectivity index (χ4v) is 3.44. The van der Waals surface area contributed by atoms with Gasteiger partial charge in [0.15, 0.2) is 5.76 Å². The molecule has 1 aliphatic heterocycles. The number of fused-ring (bicyclic) bond motifs is 1. The summed E-state index contributed by atoms with van der Waals surface area (Å²) in [6, 6.07) is 7.03. The van der Waals surface area contributed by atoms with E-state index < -0.39 is 5.97 Å². The maximum absolute atomic E-state index is 12.7. The van der Waals surface area contributed by atoms with Gasteiger partial charge in [-0.1, -0.05) is 11.6 Å². The van der Waals surface area contributed by atoms with E-state index in [1.807, 2.05) is 0 Å². The molecule has 0 spiro atoms. The van der Waals surface area contributed by atoms with Crippen LogP contribution in [0.15, 0.2) is 41.1 Å². The quantitative estimate of drug-likeness (QED) is 0.759. The molecule has 3 aromatic rings. The highest BCUT2D eigenvalue weighted by Crippen LogP contribution is 2.27. The van der Waals surface area contributed by atoms with E-state index in [9.17, 15) is 9.59 Å². The van der Waals surface area contributed by atoms with Gasteiger partial charge in [0.1, 0.15) is 5.58 Å². The van der Waals surface area contributed by atoms with Gasteiger partial charge in [0.05, 0.1) is 17.8 Å². The summed E-state index contributed by atoms with van der Waals surface area (Å²) in [6.07, 6.45) is 4.30. The number of carboxylic acids is 1. The van der Waals surface area contributed by atoms with Gasteiger partial charge < -0.3 is 14.4 Å². The Balaban J connectivity index is 1.44. The van der Waals surface area contributed by atoms with Crippen molar-refractivity contribution in [1.82, 2.24) is 14.7 Å². The number of aromatic carboxylic acids is 1. The van der Waals surface area contributed by atoms with E-state index >= 15 is 0 Å². The van der Waals surface area contributed by atoms with Crippen LogP contribution in [0.25, 0.3) is 11.0 Å². The lowest BCUT2D eigenvalue weighted by molar-refractivity contribution is 0.0660. The molecule has 1 N–H and O–H groups in total. The summed E-state index contributed by atoms with van der Waals surface area (Å²) in [4.78, 5) is 25.4. The summed E-state index contributed by atoms with van der Waals surface area (Å²) in [5.74, 6) is -0.843. The summed E-state index contributed by atoms with van der Waals surface area (Å²) in [5.41, 5.74) is 0.801. The van der Waals surface area contributed by atoms with E-state index in [4.69, 9.17) is 21.1 Å². The summed E-state index contributed by atoms with van der Waals surface area (Å²) in [6.45, 7) is 1.12. The van der Waals surface area contributed by atoms with Gasteiger partial charge in [-0.25, -0.2) is 4.79 Å². The van der Waals surface area contributed by atoms with Crippen LogP contribution in [-0.2, 0) is 0 Å². The predicted octanol–water partition coefficient (Wildman–Crippen LogP) is 3.46. The van der Waals surface area contributed by atoms with Gasteiger partial charge in [-0.3, -0.25) is 9.48 Å². The number of hydrogen-bond donors (Lipinski definition) is 1. The van der Waals surface area contributed by atoms with Gasteiger partial charge in [0.2, 0.25) is 0 Å². The van der Waals surface area contributed by atoms with Crippen molar-refractivity contribution in [2.75, 3.05) is 13.1 Å². The van der Waals surface area contributed by atoms with Crippen LogP contribution in [0.2, 0.25) is 5.02 Å². The van der Waals surface area contributed by atoms with Crippen LogP contribution in [0, 0.1) is 0 Å². The van der Waals surface area contributed by atoms with Crippen LogP contribution >= 0.6 is 11.6 Å². The van der Waals surface area contributed by atoms with Crippen LogP contribution in [0.1, 0.15) is 39.8 Å². The molecule has 3 heterocycles. The molecule has 7 nitrogen and oxygen atoms in total. The molecule has 1 aliphatic rings. The molecule has 0 radical (unpaired) electrons. The minimum Gasteiger partial charge on any atom is -0.478 e. The lowest BCUT2D eigenvalue weighted by Crippen LogP contribution is -2.39. The zero-order valence-electron chi connectivity index (χ0n) is 13.8. The van der Waals surface area contributed by atoms with Crippen LogP contribution in [0.4, 0.5) is 0 Å². The first-order chi connectivity index (χ1) is 12.5. The third kappa shape index (κ3) is 3.06.